The highest BCUT2D eigenvalue weighted by atomic mass is 32.1. The molecule has 4 heterocycles. The van der Waals surface area contributed by atoms with Crippen LogP contribution in [0.25, 0.3) is 20.7 Å². The molecule has 4 nitrogen and oxygen atoms in total. The van der Waals surface area contributed by atoms with Gasteiger partial charge in [-0.15, -0.1) is 11.3 Å². The maximum atomic E-state index is 12.2. The van der Waals surface area contributed by atoms with E-state index < -0.39 is 6.67 Å². The molecule has 25 heavy (non-hydrogen) atoms. The number of pyridine rings is 2. The molecule has 0 bridgehead atoms. The van der Waals surface area contributed by atoms with E-state index in [1.165, 1.54) is 4.88 Å². The summed E-state index contributed by atoms with van der Waals surface area (Å²) >= 11 is 1.70. The quantitative estimate of drug-likeness (QED) is 0.682. The summed E-state index contributed by atoms with van der Waals surface area (Å²) in [5, 5.41) is 1.16. The third kappa shape index (κ3) is 3.65. The van der Waals surface area contributed by atoms with Crippen LogP contribution in [0.5, 0.6) is 0 Å². The van der Waals surface area contributed by atoms with Gasteiger partial charge >= 0.3 is 0 Å². The first-order valence-electron chi connectivity index (χ1n) is 8.57. The average Bonchev–Trinajstić information content (AvgIpc) is 3.11. The molecule has 0 saturated carbocycles. The van der Waals surface area contributed by atoms with Gasteiger partial charge in [-0.3, -0.25) is 4.98 Å². The summed E-state index contributed by atoms with van der Waals surface area (Å²) in [6.07, 6.45) is 5.69. The monoisotopic (exact) mass is 357 g/mol. The lowest BCUT2D eigenvalue weighted by molar-refractivity contribution is 0.0293. The molecule has 0 N–H and O–H groups in total. The molecule has 1 aliphatic heterocycles. The zero-order chi connectivity index (χ0) is 17.1. The second-order valence-corrected chi connectivity index (χ2v) is 7.19. The van der Waals surface area contributed by atoms with Crippen LogP contribution >= 0.6 is 11.3 Å². The summed E-state index contributed by atoms with van der Waals surface area (Å²) in [4.78, 5) is 13.6. The maximum absolute atomic E-state index is 12.2. The van der Waals surface area contributed by atoms with Crippen molar-refractivity contribution in [1.29, 1.82) is 0 Å². The minimum Gasteiger partial charge on any atom is -0.375 e. The number of hydrogen-bond donors (Lipinski definition) is 0. The molecule has 0 aromatic carbocycles. The van der Waals surface area contributed by atoms with E-state index in [-0.39, 0.29) is 12.7 Å². The van der Waals surface area contributed by atoms with Crippen LogP contribution in [0.2, 0.25) is 0 Å². The van der Waals surface area contributed by atoms with Crippen molar-refractivity contribution < 1.29 is 9.13 Å². The normalized spacial score (nSPS) is 15.8. The number of halogens is 1. The van der Waals surface area contributed by atoms with Crippen LogP contribution in [-0.4, -0.2) is 42.4 Å². The molecule has 1 aliphatic rings. The summed E-state index contributed by atoms with van der Waals surface area (Å²) in [5.74, 6) is 1.01. The Hall–Kier alpha value is -2.05. The minimum absolute atomic E-state index is 0.176. The van der Waals surface area contributed by atoms with E-state index in [0.29, 0.717) is 0 Å². The fourth-order valence-corrected chi connectivity index (χ4v) is 4.21. The Bertz CT molecular complexity index is 831. The Morgan fingerprint density at radius 2 is 2.12 bits per heavy atom. The van der Waals surface area contributed by atoms with Gasteiger partial charge in [0.15, 0.2) is 0 Å². The van der Waals surface area contributed by atoms with Crippen molar-refractivity contribution in [3.05, 3.63) is 42.7 Å². The van der Waals surface area contributed by atoms with Gasteiger partial charge in [-0.2, -0.15) is 0 Å². The average molecular weight is 357 g/mol. The second kappa shape index (κ2) is 7.45. The predicted octanol–water partition coefficient (Wildman–Crippen LogP) is 4.31. The molecule has 0 aliphatic carbocycles. The van der Waals surface area contributed by atoms with Gasteiger partial charge in [-0.1, -0.05) is 6.07 Å². The van der Waals surface area contributed by atoms with Crippen LogP contribution in [0.4, 0.5) is 10.2 Å². The van der Waals surface area contributed by atoms with E-state index in [9.17, 15) is 4.39 Å². The van der Waals surface area contributed by atoms with Crippen molar-refractivity contribution in [3.8, 4) is 10.4 Å². The number of ether oxygens (including phenoxy) is 1. The molecule has 1 saturated heterocycles. The molecule has 0 unspecified atom stereocenters. The Balaban J connectivity index is 1.50. The molecular formula is C19H20FN3OS. The molecule has 0 spiro atoms. The standard InChI is InChI=1S/C19H20FN3OS/c20-7-11-24-16-5-9-23(10-6-16)18-4-3-14-12-17(25-19(14)22-18)15-2-1-8-21-13-15/h1-4,8,12-13,16H,5-7,9-11H2. The van der Waals surface area contributed by atoms with E-state index in [0.717, 1.165) is 47.5 Å². The smallest absolute Gasteiger partial charge is 0.130 e. The summed E-state index contributed by atoms with van der Waals surface area (Å²) in [6, 6.07) is 10.4. The van der Waals surface area contributed by atoms with Gasteiger partial charge in [0.05, 0.1) is 12.7 Å². The van der Waals surface area contributed by atoms with Gasteiger partial charge in [0.1, 0.15) is 17.3 Å². The maximum Gasteiger partial charge on any atom is 0.130 e. The lowest BCUT2D eigenvalue weighted by Crippen LogP contribution is -2.37. The highest BCUT2D eigenvalue weighted by Crippen LogP contribution is 2.33. The van der Waals surface area contributed by atoms with E-state index in [1.54, 1.807) is 17.5 Å². The van der Waals surface area contributed by atoms with E-state index in [1.807, 2.05) is 12.3 Å². The molecule has 0 radical (unpaired) electrons. The van der Waals surface area contributed by atoms with Gasteiger partial charge in [0.25, 0.3) is 0 Å². The van der Waals surface area contributed by atoms with Crippen molar-refractivity contribution >= 4 is 27.4 Å². The fraction of sp³-hybridized carbons (Fsp3) is 0.368. The summed E-state index contributed by atoms with van der Waals surface area (Å²) in [6.45, 7) is 1.60. The van der Waals surface area contributed by atoms with Crippen molar-refractivity contribution in [1.82, 2.24) is 9.97 Å². The molecule has 6 heteroatoms. The third-order valence-corrected chi connectivity index (χ3v) is 5.60. The van der Waals surface area contributed by atoms with Gasteiger partial charge in [0, 0.05) is 41.3 Å². The molecule has 3 aromatic rings. The highest BCUT2D eigenvalue weighted by molar-refractivity contribution is 7.21. The Morgan fingerprint density at radius 1 is 1.24 bits per heavy atom. The van der Waals surface area contributed by atoms with Crippen molar-refractivity contribution in [2.75, 3.05) is 31.3 Å². The summed E-state index contributed by atoms with van der Waals surface area (Å²) in [5.41, 5.74) is 1.12. The molecule has 3 aromatic heterocycles. The number of anilines is 1. The first-order chi connectivity index (χ1) is 12.3. The van der Waals surface area contributed by atoms with E-state index >= 15 is 0 Å². The predicted molar refractivity (Wildman–Crippen MR) is 100 cm³/mol. The van der Waals surface area contributed by atoms with Gasteiger partial charge < -0.3 is 9.64 Å². The van der Waals surface area contributed by atoms with E-state index in [2.05, 4.69) is 34.1 Å². The van der Waals surface area contributed by atoms with Crippen LogP contribution < -0.4 is 4.90 Å². The van der Waals surface area contributed by atoms with Crippen LogP contribution in [-0.2, 0) is 4.74 Å². The topological polar surface area (TPSA) is 38.2 Å². The lowest BCUT2D eigenvalue weighted by Gasteiger charge is -2.32. The number of hydrogen-bond acceptors (Lipinski definition) is 5. The van der Waals surface area contributed by atoms with Crippen LogP contribution in [0.1, 0.15) is 12.8 Å². The van der Waals surface area contributed by atoms with Crippen LogP contribution in [0, 0.1) is 0 Å². The van der Waals surface area contributed by atoms with Crippen LogP contribution in [0.15, 0.2) is 42.7 Å². The Morgan fingerprint density at radius 3 is 2.88 bits per heavy atom. The molecular weight excluding hydrogens is 337 g/mol. The number of alkyl halides is 1. The van der Waals surface area contributed by atoms with Crippen LogP contribution in [0.3, 0.4) is 0 Å². The second-order valence-electron chi connectivity index (χ2n) is 6.16. The number of aromatic nitrogens is 2. The van der Waals surface area contributed by atoms with E-state index in [4.69, 9.17) is 9.72 Å². The molecule has 1 fully saturated rings. The highest BCUT2D eigenvalue weighted by Gasteiger charge is 2.21. The number of fused-ring (bicyclic) bond motifs is 1. The summed E-state index contributed by atoms with van der Waals surface area (Å²) in [7, 11) is 0. The van der Waals surface area contributed by atoms with Gasteiger partial charge in [-0.25, -0.2) is 9.37 Å². The van der Waals surface area contributed by atoms with Crippen molar-refractivity contribution in [3.63, 3.8) is 0 Å². The van der Waals surface area contributed by atoms with Crippen molar-refractivity contribution in [2.24, 2.45) is 0 Å². The largest absolute Gasteiger partial charge is 0.375 e. The molecule has 4 rings (SSSR count). The third-order valence-electron chi connectivity index (χ3n) is 4.51. The number of rotatable bonds is 5. The fourth-order valence-electron chi connectivity index (χ4n) is 3.20. The van der Waals surface area contributed by atoms with Gasteiger partial charge in [0.2, 0.25) is 0 Å². The Labute approximate surface area is 150 Å². The number of piperidine rings is 1. The molecule has 0 amide bonds. The zero-order valence-electron chi connectivity index (χ0n) is 13.9. The lowest BCUT2D eigenvalue weighted by atomic mass is 10.1. The van der Waals surface area contributed by atoms with Gasteiger partial charge in [-0.05, 0) is 37.1 Å². The first-order valence-corrected chi connectivity index (χ1v) is 9.38. The SMILES string of the molecule is FCCOC1CCN(c2ccc3cc(-c4cccnc4)sc3n2)CC1. The minimum atomic E-state index is -0.407. The molecule has 130 valence electrons. The number of nitrogens with zero attached hydrogens (tertiary/aromatic N) is 3. The summed E-state index contributed by atoms with van der Waals surface area (Å²) < 4.78 is 17.7. The van der Waals surface area contributed by atoms with Crippen molar-refractivity contribution in [2.45, 2.75) is 18.9 Å². The zero-order valence-corrected chi connectivity index (χ0v) is 14.7. The molecule has 0 atom stereocenters. The number of thiophene rings is 1. The Kier molecular flexibility index (Phi) is 4.90. The first kappa shape index (κ1) is 16.4.